The van der Waals surface area contributed by atoms with Gasteiger partial charge in [-0.05, 0) is 111 Å². The number of nitrogens with one attached hydrogen (secondary N) is 1. The van der Waals surface area contributed by atoms with E-state index in [1.54, 1.807) is 0 Å². The molecular formula is C42H48N4+2. The fraction of sp³-hybridized carbons (Fsp3) is 0.310. The molecule has 0 unspecified atom stereocenters. The van der Waals surface area contributed by atoms with Gasteiger partial charge in [0.2, 0.25) is 11.0 Å². The lowest BCUT2D eigenvalue weighted by atomic mass is 9.83. The Labute approximate surface area is 274 Å². The van der Waals surface area contributed by atoms with Crippen LogP contribution in [0.2, 0.25) is 0 Å². The molecule has 0 spiro atoms. The molecule has 46 heavy (non-hydrogen) atoms. The summed E-state index contributed by atoms with van der Waals surface area (Å²) in [6, 6.07) is 26.5. The Morgan fingerprint density at radius 3 is 1.50 bits per heavy atom. The van der Waals surface area contributed by atoms with Crippen LogP contribution in [0, 0.1) is 27.7 Å². The third-order valence-electron chi connectivity index (χ3n) is 9.42. The van der Waals surface area contributed by atoms with Crippen molar-refractivity contribution in [2.24, 2.45) is 0 Å². The molecule has 0 fully saturated rings. The maximum atomic E-state index is 4.84. The van der Waals surface area contributed by atoms with Gasteiger partial charge in [0, 0.05) is 57.4 Å². The Hall–Kier alpha value is -4.57. The smallest absolute Gasteiger partial charge is 0.212 e. The van der Waals surface area contributed by atoms with Crippen molar-refractivity contribution in [1.82, 2.24) is 4.98 Å². The third-order valence-corrected chi connectivity index (χ3v) is 9.42. The SMILES string of the molecule is CCc1c(CNc2cc(C)cc(C)n2)c(CC)c(C[n+]2cc(C)cc3ccccc32)c(CC)c1C[n+]1cc(C)cc2ccccc21. The largest absolute Gasteiger partial charge is 0.366 e. The normalized spacial score (nSPS) is 11.5. The van der Waals surface area contributed by atoms with E-state index < -0.39 is 0 Å². The van der Waals surface area contributed by atoms with Gasteiger partial charge in [-0.25, -0.2) is 4.98 Å². The van der Waals surface area contributed by atoms with Crippen LogP contribution in [-0.4, -0.2) is 4.98 Å². The number of anilines is 1. The topological polar surface area (TPSA) is 32.7 Å². The van der Waals surface area contributed by atoms with Crippen molar-refractivity contribution >= 4 is 27.6 Å². The first-order chi connectivity index (χ1) is 22.3. The summed E-state index contributed by atoms with van der Waals surface area (Å²) < 4.78 is 4.96. The number of nitrogens with zero attached hydrogens (tertiary/aromatic N) is 3. The Bertz CT molecular complexity index is 1920. The zero-order valence-corrected chi connectivity index (χ0v) is 28.7. The third kappa shape index (κ3) is 6.26. The molecule has 1 N–H and O–H groups in total. The molecule has 0 bridgehead atoms. The van der Waals surface area contributed by atoms with Crippen molar-refractivity contribution in [2.75, 3.05) is 5.32 Å². The molecule has 4 heteroatoms. The number of rotatable bonds is 10. The molecule has 0 amide bonds. The highest BCUT2D eigenvalue weighted by atomic mass is 15.0. The second kappa shape index (κ2) is 13.4. The van der Waals surface area contributed by atoms with Crippen LogP contribution in [0.25, 0.3) is 21.8 Å². The van der Waals surface area contributed by atoms with Crippen molar-refractivity contribution < 1.29 is 9.13 Å². The molecule has 0 aliphatic heterocycles. The van der Waals surface area contributed by atoms with Gasteiger partial charge in [0.25, 0.3) is 0 Å². The first-order valence-electron chi connectivity index (χ1n) is 16.9. The zero-order chi connectivity index (χ0) is 32.4. The van der Waals surface area contributed by atoms with Crippen molar-refractivity contribution in [3.63, 3.8) is 0 Å². The van der Waals surface area contributed by atoms with Gasteiger partial charge in [-0.3, -0.25) is 0 Å². The predicted octanol–water partition coefficient (Wildman–Crippen LogP) is 8.59. The fourth-order valence-corrected chi connectivity index (χ4v) is 7.62. The van der Waals surface area contributed by atoms with Crippen LogP contribution in [0.4, 0.5) is 5.82 Å². The van der Waals surface area contributed by atoms with Crippen LogP contribution >= 0.6 is 0 Å². The highest BCUT2D eigenvalue weighted by Gasteiger charge is 2.27. The molecule has 6 rings (SSSR count). The van der Waals surface area contributed by atoms with Crippen LogP contribution in [-0.2, 0) is 38.9 Å². The van der Waals surface area contributed by atoms with Crippen LogP contribution in [0.5, 0.6) is 0 Å². The summed E-state index contributed by atoms with van der Waals surface area (Å²) in [6.07, 6.45) is 7.62. The quantitative estimate of drug-likeness (QED) is 0.158. The molecule has 234 valence electrons. The summed E-state index contributed by atoms with van der Waals surface area (Å²) in [5.41, 5.74) is 16.2. The predicted molar refractivity (Wildman–Crippen MR) is 192 cm³/mol. The number of aryl methyl sites for hydroxylation is 4. The fourth-order valence-electron chi connectivity index (χ4n) is 7.62. The van der Waals surface area contributed by atoms with E-state index >= 15 is 0 Å². The second-order valence-electron chi connectivity index (χ2n) is 12.9. The van der Waals surface area contributed by atoms with Crippen LogP contribution in [0.15, 0.2) is 85.2 Å². The van der Waals surface area contributed by atoms with Crippen molar-refractivity contribution in [1.29, 1.82) is 0 Å². The molecule has 3 aromatic heterocycles. The lowest BCUT2D eigenvalue weighted by Gasteiger charge is -2.25. The summed E-state index contributed by atoms with van der Waals surface area (Å²) >= 11 is 0. The zero-order valence-electron chi connectivity index (χ0n) is 28.7. The standard InChI is InChI=1S/C42H48N4/c1-8-34-37(23-43-42-22-28(4)19-31(7)44-42)35(9-2)39(27-46-25-30(6)21-33-16-12-14-18-41(33)46)36(10-3)38(34)26-45-24-29(5)20-32-15-11-13-17-40(32)45/h11-22,24-25H,8-10,23,26-27H2,1-7H3,(H,43,44)/q+2. The molecule has 3 heterocycles. The van der Waals surface area contributed by atoms with Crippen LogP contribution in [0.1, 0.15) is 76.5 Å². The number of benzene rings is 3. The van der Waals surface area contributed by atoms with Gasteiger partial charge in [-0.1, -0.05) is 45.0 Å². The van der Waals surface area contributed by atoms with Crippen molar-refractivity contribution in [3.05, 3.63) is 141 Å². The van der Waals surface area contributed by atoms with E-state index in [1.807, 2.05) is 0 Å². The Morgan fingerprint density at radius 2 is 1.02 bits per heavy atom. The molecule has 0 saturated heterocycles. The summed E-state index contributed by atoms with van der Waals surface area (Å²) in [5, 5.41) is 6.34. The minimum atomic E-state index is 0.755. The first-order valence-corrected chi connectivity index (χ1v) is 16.9. The molecule has 0 saturated carbocycles. The van der Waals surface area contributed by atoms with Gasteiger partial charge in [0.15, 0.2) is 25.5 Å². The molecule has 0 aliphatic carbocycles. The number of para-hydroxylation sites is 2. The van der Waals surface area contributed by atoms with Gasteiger partial charge in [0.1, 0.15) is 5.82 Å². The summed E-state index contributed by atoms with van der Waals surface area (Å²) in [7, 11) is 0. The number of fused-ring (bicyclic) bond motifs is 2. The van der Waals surface area contributed by atoms with E-state index in [4.69, 9.17) is 4.98 Å². The minimum absolute atomic E-state index is 0.755. The van der Waals surface area contributed by atoms with E-state index in [-0.39, 0.29) is 0 Å². The maximum absolute atomic E-state index is 4.84. The molecule has 3 aromatic carbocycles. The van der Waals surface area contributed by atoms with Gasteiger partial charge >= 0.3 is 0 Å². The van der Waals surface area contributed by atoms with E-state index in [9.17, 15) is 0 Å². The highest BCUT2D eigenvalue weighted by Crippen LogP contribution is 2.32. The second-order valence-corrected chi connectivity index (χ2v) is 12.9. The van der Waals surface area contributed by atoms with Crippen molar-refractivity contribution in [3.8, 4) is 0 Å². The summed E-state index contributed by atoms with van der Waals surface area (Å²) in [6.45, 7) is 18.1. The molecule has 6 aromatic rings. The van der Waals surface area contributed by atoms with Gasteiger partial charge in [-0.2, -0.15) is 9.13 Å². The highest BCUT2D eigenvalue weighted by molar-refractivity contribution is 5.76. The summed E-state index contributed by atoms with van der Waals surface area (Å²) in [5.74, 6) is 0.947. The molecule has 0 atom stereocenters. The summed E-state index contributed by atoms with van der Waals surface area (Å²) in [4.78, 5) is 4.84. The molecule has 0 radical (unpaired) electrons. The Morgan fingerprint density at radius 1 is 0.543 bits per heavy atom. The lowest BCUT2D eigenvalue weighted by Crippen LogP contribution is -2.39. The Balaban J connectivity index is 1.59. The molecule has 0 aliphatic rings. The molecular weight excluding hydrogens is 560 g/mol. The molecule has 4 nitrogen and oxygen atoms in total. The number of pyridine rings is 3. The number of aromatic nitrogens is 3. The minimum Gasteiger partial charge on any atom is -0.366 e. The van der Waals surface area contributed by atoms with Crippen molar-refractivity contribution in [2.45, 2.75) is 87.4 Å². The maximum Gasteiger partial charge on any atom is 0.212 e. The van der Waals surface area contributed by atoms with E-state index in [0.29, 0.717) is 0 Å². The lowest BCUT2D eigenvalue weighted by molar-refractivity contribution is -0.663. The average molecular weight is 609 g/mol. The first kappa shape index (κ1) is 31.4. The van der Waals surface area contributed by atoms with Gasteiger partial charge < -0.3 is 5.32 Å². The average Bonchev–Trinajstić information content (AvgIpc) is 3.03. The van der Waals surface area contributed by atoms with E-state index in [1.165, 1.54) is 71.9 Å². The number of hydrogen-bond acceptors (Lipinski definition) is 2. The Kier molecular flexibility index (Phi) is 9.17. The van der Waals surface area contributed by atoms with Gasteiger partial charge in [-0.15, -0.1) is 0 Å². The van der Waals surface area contributed by atoms with Crippen LogP contribution < -0.4 is 14.5 Å². The van der Waals surface area contributed by atoms with Crippen LogP contribution in [0.3, 0.4) is 0 Å². The monoisotopic (exact) mass is 608 g/mol. The van der Waals surface area contributed by atoms with E-state index in [2.05, 4.69) is 148 Å². The van der Waals surface area contributed by atoms with E-state index in [0.717, 1.165) is 50.4 Å². The number of hydrogen-bond donors (Lipinski definition) is 1. The van der Waals surface area contributed by atoms with Gasteiger partial charge in [0.05, 0.1) is 0 Å².